The van der Waals surface area contributed by atoms with E-state index in [1.807, 2.05) is 0 Å². The summed E-state index contributed by atoms with van der Waals surface area (Å²) >= 11 is 11.6. The summed E-state index contributed by atoms with van der Waals surface area (Å²) in [4.78, 5) is 25.0. The molecule has 0 saturated heterocycles. The van der Waals surface area contributed by atoms with Crippen LogP contribution in [0.25, 0.3) is 0 Å². The lowest BCUT2D eigenvalue weighted by molar-refractivity contribution is 0.102. The van der Waals surface area contributed by atoms with E-state index < -0.39 is 23.4 Å². The SMILES string of the molecule is O=C(Nc1ccccc1C(=O)Nc1ccc(Cl)cc1)c1cc(F)c(F)cc1Cl. The summed E-state index contributed by atoms with van der Waals surface area (Å²) < 4.78 is 26.6. The van der Waals surface area contributed by atoms with Gasteiger partial charge in [-0.25, -0.2) is 8.78 Å². The van der Waals surface area contributed by atoms with Gasteiger partial charge in [0.2, 0.25) is 0 Å². The molecule has 0 fully saturated rings. The highest BCUT2D eigenvalue weighted by Gasteiger charge is 2.18. The van der Waals surface area contributed by atoms with Gasteiger partial charge in [0, 0.05) is 10.7 Å². The second kappa shape index (κ2) is 8.37. The third-order valence-corrected chi connectivity index (χ3v) is 4.34. The molecule has 3 rings (SSSR count). The maximum atomic E-state index is 13.4. The molecule has 0 unspecified atom stereocenters. The quantitative estimate of drug-likeness (QED) is 0.525. The van der Waals surface area contributed by atoms with Gasteiger partial charge in [0.15, 0.2) is 11.6 Å². The van der Waals surface area contributed by atoms with E-state index in [9.17, 15) is 18.4 Å². The molecule has 0 aliphatic heterocycles. The van der Waals surface area contributed by atoms with Crippen LogP contribution >= 0.6 is 23.2 Å². The van der Waals surface area contributed by atoms with Crippen molar-refractivity contribution in [2.75, 3.05) is 10.6 Å². The summed E-state index contributed by atoms with van der Waals surface area (Å²) in [5.41, 5.74) is 0.608. The minimum absolute atomic E-state index is 0.171. The van der Waals surface area contributed by atoms with E-state index in [1.54, 1.807) is 36.4 Å². The van der Waals surface area contributed by atoms with Crippen molar-refractivity contribution < 1.29 is 18.4 Å². The number of benzene rings is 3. The molecular weight excluding hydrogens is 409 g/mol. The molecule has 0 bridgehead atoms. The van der Waals surface area contributed by atoms with E-state index in [0.717, 1.165) is 0 Å². The molecule has 0 radical (unpaired) electrons. The Bertz CT molecular complexity index is 1060. The number of halogens is 4. The first-order chi connectivity index (χ1) is 13.3. The Labute approximate surface area is 169 Å². The predicted molar refractivity (Wildman–Crippen MR) is 105 cm³/mol. The number of anilines is 2. The van der Waals surface area contributed by atoms with Gasteiger partial charge in [-0.1, -0.05) is 35.3 Å². The number of para-hydroxylation sites is 1. The summed E-state index contributed by atoms with van der Waals surface area (Å²) in [6.45, 7) is 0. The molecule has 28 heavy (non-hydrogen) atoms. The van der Waals surface area contributed by atoms with Crippen molar-refractivity contribution in [1.29, 1.82) is 0 Å². The van der Waals surface area contributed by atoms with E-state index >= 15 is 0 Å². The molecule has 2 N–H and O–H groups in total. The highest BCUT2D eigenvalue weighted by atomic mass is 35.5. The van der Waals surface area contributed by atoms with Gasteiger partial charge in [0.05, 0.1) is 21.8 Å². The molecular formula is C20H12Cl2F2N2O2. The molecule has 3 aromatic rings. The van der Waals surface area contributed by atoms with Crippen molar-refractivity contribution in [3.63, 3.8) is 0 Å². The molecule has 0 aliphatic carbocycles. The summed E-state index contributed by atoms with van der Waals surface area (Å²) in [6.07, 6.45) is 0. The van der Waals surface area contributed by atoms with Gasteiger partial charge in [-0.3, -0.25) is 9.59 Å². The molecule has 142 valence electrons. The zero-order valence-electron chi connectivity index (χ0n) is 14.1. The smallest absolute Gasteiger partial charge is 0.257 e. The maximum absolute atomic E-state index is 13.4. The van der Waals surface area contributed by atoms with Crippen molar-refractivity contribution in [1.82, 2.24) is 0 Å². The van der Waals surface area contributed by atoms with Crippen molar-refractivity contribution >= 4 is 46.4 Å². The largest absolute Gasteiger partial charge is 0.322 e. The average molecular weight is 421 g/mol. The maximum Gasteiger partial charge on any atom is 0.257 e. The molecule has 0 atom stereocenters. The first-order valence-electron chi connectivity index (χ1n) is 7.97. The van der Waals surface area contributed by atoms with Gasteiger partial charge in [-0.05, 0) is 48.5 Å². The molecule has 8 heteroatoms. The molecule has 0 saturated carbocycles. The normalized spacial score (nSPS) is 10.4. The molecule has 2 amide bonds. The monoisotopic (exact) mass is 420 g/mol. The van der Waals surface area contributed by atoms with Crippen molar-refractivity contribution in [2.24, 2.45) is 0 Å². The number of carbonyl (C=O) groups is 2. The van der Waals surface area contributed by atoms with Crippen molar-refractivity contribution in [3.05, 3.63) is 93.5 Å². The molecule has 4 nitrogen and oxygen atoms in total. The number of hydrogen-bond acceptors (Lipinski definition) is 2. The highest BCUT2D eigenvalue weighted by molar-refractivity contribution is 6.34. The van der Waals surface area contributed by atoms with E-state index in [2.05, 4.69) is 10.6 Å². The van der Waals surface area contributed by atoms with Crippen LogP contribution in [-0.2, 0) is 0 Å². The van der Waals surface area contributed by atoms with Crippen molar-refractivity contribution in [3.8, 4) is 0 Å². The topological polar surface area (TPSA) is 58.2 Å². The summed E-state index contributed by atoms with van der Waals surface area (Å²) in [5, 5.41) is 5.45. The zero-order chi connectivity index (χ0) is 20.3. The van der Waals surface area contributed by atoms with Crippen LogP contribution < -0.4 is 10.6 Å². The molecule has 0 spiro atoms. The number of amides is 2. The minimum Gasteiger partial charge on any atom is -0.322 e. The van der Waals surface area contributed by atoms with Gasteiger partial charge in [-0.15, -0.1) is 0 Å². The Morgan fingerprint density at radius 3 is 2.07 bits per heavy atom. The Hall–Kier alpha value is -2.96. The van der Waals surface area contributed by atoms with Crippen LogP contribution in [-0.4, -0.2) is 11.8 Å². The van der Waals surface area contributed by atoms with Crippen LogP contribution in [0.4, 0.5) is 20.2 Å². The summed E-state index contributed by atoms with van der Waals surface area (Å²) in [7, 11) is 0. The zero-order valence-corrected chi connectivity index (χ0v) is 15.6. The first kappa shape index (κ1) is 19.8. The van der Waals surface area contributed by atoms with Crippen LogP contribution in [0.2, 0.25) is 10.0 Å². The van der Waals surface area contributed by atoms with Crippen molar-refractivity contribution in [2.45, 2.75) is 0 Å². The van der Waals surface area contributed by atoms with Crippen LogP contribution in [0.1, 0.15) is 20.7 Å². The van der Waals surface area contributed by atoms with E-state index in [0.29, 0.717) is 22.8 Å². The first-order valence-corrected chi connectivity index (χ1v) is 8.72. The highest BCUT2D eigenvalue weighted by Crippen LogP contribution is 2.23. The Morgan fingerprint density at radius 1 is 0.750 bits per heavy atom. The number of carbonyl (C=O) groups excluding carboxylic acids is 2. The fourth-order valence-electron chi connectivity index (χ4n) is 2.41. The van der Waals surface area contributed by atoms with E-state index in [1.165, 1.54) is 12.1 Å². The Morgan fingerprint density at radius 2 is 1.36 bits per heavy atom. The molecule has 0 heterocycles. The number of hydrogen-bond donors (Lipinski definition) is 2. The lowest BCUT2D eigenvalue weighted by Crippen LogP contribution is -2.18. The van der Waals surface area contributed by atoms with Gasteiger partial charge in [-0.2, -0.15) is 0 Å². The molecule has 3 aromatic carbocycles. The van der Waals surface area contributed by atoms with Gasteiger partial charge >= 0.3 is 0 Å². The van der Waals surface area contributed by atoms with Gasteiger partial charge < -0.3 is 10.6 Å². The van der Waals surface area contributed by atoms with Crippen LogP contribution in [0, 0.1) is 11.6 Å². The van der Waals surface area contributed by atoms with Gasteiger partial charge in [0.25, 0.3) is 11.8 Å². The fraction of sp³-hybridized carbons (Fsp3) is 0. The minimum atomic E-state index is -1.21. The lowest BCUT2D eigenvalue weighted by Gasteiger charge is -2.12. The molecule has 0 aliphatic rings. The number of nitrogens with one attached hydrogen (secondary N) is 2. The van der Waals surface area contributed by atoms with Crippen LogP contribution in [0.3, 0.4) is 0 Å². The standard InChI is InChI=1S/C20H12Cl2F2N2O2/c21-11-5-7-12(8-6-11)25-19(27)13-3-1-2-4-18(13)26-20(28)14-9-16(23)17(24)10-15(14)22/h1-10H,(H,25,27)(H,26,28). The Kier molecular flexibility index (Phi) is 5.92. The lowest BCUT2D eigenvalue weighted by atomic mass is 10.1. The van der Waals surface area contributed by atoms with E-state index in [-0.39, 0.29) is 21.8 Å². The Balaban J connectivity index is 1.84. The average Bonchev–Trinajstić information content (AvgIpc) is 2.66. The van der Waals surface area contributed by atoms with E-state index in [4.69, 9.17) is 23.2 Å². The summed E-state index contributed by atoms with van der Waals surface area (Å²) in [6, 6.07) is 14.2. The third kappa shape index (κ3) is 4.47. The predicted octanol–water partition coefficient (Wildman–Crippen LogP) is 5.78. The van der Waals surface area contributed by atoms with Gasteiger partial charge in [0.1, 0.15) is 0 Å². The van der Waals surface area contributed by atoms with Crippen LogP contribution in [0.5, 0.6) is 0 Å². The second-order valence-electron chi connectivity index (χ2n) is 5.71. The number of rotatable bonds is 4. The fourth-order valence-corrected chi connectivity index (χ4v) is 2.77. The van der Waals surface area contributed by atoms with Crippen LogP contribution in [0.15, 0.2) is 60.7 Å². The summed E-state index contributed by atoms with van der Waals surface area (Å²) in [5.74, 6) is -3.63. The molecule has 0 aromatic heterocycles. The second-order valence-corrected chi connectivity index (χ2v) is 6.55. The third-order valence-electron chi connectivity index (χ3n) is 3.78.